The molecule has 0 aromatic heterocycles. The number of hydrogen-bond donors (Lipinski definition) is 2. The highest BCUT2D eigenvalue weighted by molar-refractivity contribution is 5.14. The molecule has 0 atom stereocenters. The first kappa shape index (κ1) is 8.54. The van der Waals surface area contributed by atoms with Crippen molar-refractivity contribution in [3.63, 3.8) is 0 Å². The van der Waals surface area contributed by atoms with Crippen LogP contribution in [0.2, 0.25) is 0 Å². The quantitative estimate of drug-likeness (QED) is 0.466. The molecule has 2 N–H and O–H groups in total. The summed E-state index contributed by atoms with van der Waals surface area (Å²) < 4.78 is 5.05. The minimum atomic E-state index is -0.916. The summed E-state index contributed by atoms with van der Waals surface area (Å²) in [6.45, 7) is 0.913. The van der Waals surface area contributed by atoms with Crippen LogP contribution < -0.4 is 0 Å². The van der Waals surface area contributed by atoms with Crippen LogP contribution in [0, 0.1) is 11.8 Å². The summed E-state index contributed by atoms with van der Waals surface area (Å²) in [5.74, 6) is 5.08. The van der Waals surface area contributed by atoms with Crippen LogP contribution in [-0.2, 0) is 4.74 Å². The maximum Gasteiger partial charge on any atom is 0.129 e. The molecule has 1 aliphatic heterocycles. The highest BCUT2D eigenvalue weighted by atomic mass is 16.5. The molecule has 0 amide bonds. The minimum Gasteiger partial charge on any atom is -0.384 e. The zero-order valence-corrected chi connectivity index (χ0v) is 6.34. The molecule has 3 nitrogen and oxygen atoms in total. The topological polar surface area (TPSA) is 49.7 Å². The molecule has 11 heavy (non-hydrogen) atoms. The van der Waals surface area contributed by atoms with E-state index in [2.05, 4.69) is 11.8 Å². The molecule has 62 valence electrons. The summed E-state index contributed by atoms with van der Waals surface area (Å²) in [6, 6.07) is 0. The molecule has 3 heteroatoms. The molecule has 1 heterocycles. The fourth-order valence-corrected chi connectivity index (χ4v) is 1.04. The second kappa shape index (κ2) is 3.72. The van der Waals surface area contributed by atoms with E-state index in [1.54, 1.807) is 0 Å². The molecule has 0 radical (unpaired) electrons. The van der Waals surface area contributed by atoms with Crippen LogP contribution in [0.15, 0.2) is 0 Å². The van der Waals surface area contributed by atoms with E-state index in [0.717, 1.165) is 0 Å². The van der Waals surface area contributed by atoms with Crippen molar-refractivity contribution >= 4 is 0 Å². The van der Waals surface area contributed by atoms with Gasteiger partial charge >= 0.3 is 0 Å². The highest BCUT2D eigenvalue weighted by Crippen LogP contribution is 2.18. The van der Waals surface area contributed by atoms with Gasteiger partial charge in [-0.3, -0.25) is 0 Å². The van der Waals surface area contributed by atoms with Crippen molar-refractivity contribution in [2.75, 3.05) is 19.8 Å². The zero-order valence-electron chi connectivity index (χ0n) is 6.34. The Labute approximate surface area is 66.0 Å². The Balaban J connectivity index is 2.49. The van der Waals surface area contributed by atoms with Crippen LogP contribution in [0.3, 0.4) is 0 Å². The van der Waals surface area contributed by atoms with Crippen molar-refractivity contribution in [1.82, 2.24) is 0 Å². The van der Waals surface area contributed by atoms with Gasteiger partial charge in [-0.1, -0.05) is 11.8 Å². The maximum absolute atomic E-state index is 9.64. The van der Waals surface area contributed by atoms with Gasteiger partial charge in [-0.25, -0.2) is 0 Å². The Bertz CT molecular complexity index is 172. The summed E-state index contributed by atoms with van der Waals surface area (Å²) in [5, 5.41) is 18.0. The van der Waals surface area contributed by atoms with Gasteiger partial charge in [0.15, 0.2) is 0 Å². The molecule has 0 aromatic rings. The average Bonchev–Trinajstić information content (AvgIpc) is 2.03. The van der Waals surface area contributed by atoms with Gasteiger partial charge in [-0.15, -0.1) is 0 Å². The molecule has 0 bridgehead atoms. The number of rotatable bonds is 0. The third kappa shape index (κ3) is 2.51. The maximum atomic E-state index is 9.64. The number of aliphatic hydroxyl groups is 2. The smallest absolute Gasteiger partial charge is 0.129 e. The monoisotopic (exact) mass is 156 g/mol. The molecule has 0 saturated carbocycles. The Hall–Kier alpha value is -0.560. The number of aliphatic hydroxyl groups excluding tert-OH is 1. The van der Waals surface area contributed by atoms with E-state index in [1.165, 1.54) is 0 Å². The van der Waals surface area contributed by atoms with Crippen LogP contribution in [0.5, 0.6) is 0 Å². The fraction of sp³-hybridized carbons (Fsp3) is 0.750. The Morgan fingerprint density at radius 3 is 2.55 bits per heavy atom. The SMILES string of the molecule is OCC#CC1(O)CCOCC1. The van der Waals surface area contributed by atoms with Gasteiger partial charge in [0, 0.05) is 12.8 Å². The Morgan fingerprint density at radius 2 is 2.00 bits per heavy atom. The molecule has 1 rings (SSSR count). The van der Waals surface area contributed by atoms with Gasteiger partial charge in [0.25, 0.3) is 0 Å². The summed E-state index contributed by atoms with van der Waals surface area (Å²) in [7, 11) is 0. The summed E-state index contributed by atoms with van der Waals surface area (Å²) >= 11 is 0. The molecule has 0 unspecified atom stereocenters. The lowest BCUT2D eigenvalue weighted by molar-refractivity contribution is -0.0263. The summed E-state index contributed by atoms with van der Waals surface area (Å²) in [6.07, 6.45) is 1.08. The van der Waals surface area contributed by atoms with Crippen LogP contribution >= 0.6 is 0 Å². The van der Waals surface area contributed by atoms with Gasteiger partial charge in [0.05, 0.1) is 13.2 Å². The van der Waals surface area contributed by atoms with Crippen molar-refractivity contribution < 1.29 is 14.9 Å². The molecule has 0 spiro atoms. The van der Waals surface area contributed by atoms with Gasteiger partial charge in [0.1, 0.15) is 12.2 Å². The van der Waals surface area contributed by atoms with Gasteiger partial charge < -0.3 is 14.9 Å². The minimum absolute atomic E-state index is 0.191. The normalized spacial score (nSPS) is 22.0. The molecule has 1 aliphatic rings. The third-order valence-electron chi connectivity index (χ3n) is 1.72. The van der Waals surface area contributed by atoms with Crippen molar-refractivity contribution in [3.8, 4) is 11.8 Å². The summed E-state index contributed by atoms with van der Waals surface area (Å²) in [4.78, 5) is 0. The lowest BCUT2D eigenvalue weighted by Crippen LogP contribution is -2.34. The van der Waals surface area contributed by atoms with Crippen LogP contribution in [0.25, 0.3) is 0 Å². The van der Waals surface area contributed by atoms with Gasteiger partial charge in [0.2, 0.25) is 0 Å². The van der Waals surface area contributed by atoms with Crippen molar-refractivity contribution in [2.24, 2.45) is 0 Å². The Morgan fingerprint density at radius 1 is 1.36 bits per heavy atom. The van der Waals surface area contributed by atoms with E-state index in [9.17, 15) is 5.11 Å². The first-order valence-electron chi connectivity index (χ1n) is 3.68. The van der Waals surface area contributed by atoms with Gasteiger partial charge in [-0.2, -0.15) is 0 Å². The lowest BCUT2D eigenvalue weighted by Gasteiger charge is -2.26. The van der Waals surface area contributed by atoms with E-state index >= 15 is 0 Å². The van der Waals surface area contributed by atoms with E-state index in [1.807, 2.05) is 0 Å². The van der Waals surface area contributed by atoms with Gasteiger partial charge in [-0.05, 0) is 0 Å². The van der Waals surface area contributed by atoms with E-state index in [-0.39, 0.29) is 6.61 Å². The lowest BCUT2D eigenvalue weighted by atomic mass is 9.95. The zero-order chi connectivity index (χ0) is 8.16. The molecule has 1 fully saturated rings. The molecule has 0 aliphatic carbocycles. The molecular weight excluding hydrogens is 144 g/mol. The number of ether oxygens (including phenoxy) is 1. The standard InChI is InChI=1S/C8H12O3/c9-5-1-2-8(10)3-6-11-7-4-8/h9-10H,3-7H2. The van der Waals surface area contributed by atoms with Crippen molar-refractivity contribution in [1.29, 1.82) is 0 Å². The second-order valence-corrected chi connectivity index (χ2v) is 2.60. The van der Waals surface area contributed by atoms with Crippen molar-refractivity contribution in [3.05, 3.63) is 0 Å². The van der Waals surface area contributed by atoms with E-state index in [0.29, 0.717) is 26.1 Å². The Kier molecular flexibility index (Phi) is 2.89. The molecule has 1 saturated heterocycles. The van der Waals surface area contributed by atoms with E-state index < -0.39 is 5.60 Å². The van der Waals surface area contributed by atoms with E-state index in [4.69, 9.17) is 9.84 Å². The summed E-state index contributed by atoms with van der Waals surface area (Å²) in [5.41, 5.74) is -0.916. The predicted octanol–water partition coefficient (Wildman–Crippen LogP) is -0.476. The first-order chi connectivity index (χ1) is 5.27. The van der Waals surface area contributed by atoms with Crippen molar-refractivity contribution in [2.45, 2.75) is 18.4 Å². The highest BCUT2D eigenvalue weighted by Gasteiger charge is 2.26. The second-order valence-electron chi connectivity index (χ2n) is 2.60. The number of hydrogen-bond acceptors (Lipinski definition) is 3. The van der Waals surface area contributed by atoms with Crippen LogP contribution in [0.4, 0.5) is 0 Å². The third-order valence-corrected chi connectivity index (χ3v) is 1.72. The largest absolute Gasteiger partial charge is 0.384 e. The predicted molar refractivity (Wildman–Crippen MR) is 39.9 cm³/mol. The van der Waals surface area contributed by atoms with Crippen LogP contribution in [-0.4, -0.2) is 35.6 Å². The molecule has 0 aromatic carbocycles. The fourth-order valence-electron chi connectivity index (χ4n) is 1.04. The first-order valence-corrected chi connectivity index (χ1v) is 3.68. The van der Waals surface area contributed by atoms with Crippen LogP contribution in [0.1, 0.15) is 12.8 Å². The molecular formula is C8H12O3. The average molecular weight is 156 g/mol.